The van der Waals surface area contributed by atoms with Crippen LogP contribution in [0.5, 0.6) is 0 Å². The maximum Gasteiger partial charge on any atom is 0.328 e. The number of hydrogen-bond acceptors (Lipinski definition) is 10. The van der Waals surface area contributed by atoms with Gasteiger partial charge in [0, 0.05) is 36.1 Å². The van der Waals surface area contributed by atoms with Crippen LogP contribution in [0, 0.1) is 0 Å². The maximum atomic E-state index is 11.4. The third-order valence-electron chi connectivity index (χ3n) is 3.40. The summed E-state index contributed by atoms with van der Waals surface area (Å²) >= 11 is 0. The zero-order valence-electron chi connectivity index (χ0n) is 17.2. The van der Waals surface area contributed by atoms with E-state index >= 15 is 0 Å². The van der Waals surface area contributed by atoms with Crippen LogP contribution < -0.4 is 0 Å². The highest BCUT2D eigenvalue weighted by Gasteiger charge is 2.16. The summed E-state index contributed by atoms with van der Waals surface area (Å²) < 4.78 is 0. The predicted molar refractivity (Wildman–Crippen MR) is 97.4 cm³/mol. The average Bonchev–Trinajstić information content (AvgIpc) is 2.69. The van der Waals surface area contributed by atoms with E-state index in [1.807, 2.05) is 0 Å². The SMILES string of the molecule is CCC(=O)ON(CCCCCCN(OC(=O)CC)OC(=O)CC)OC(=O)CC. The van der Waals surface area contributed by atoms with Gasteiger partial charge < -0.3 is 19.4 Å². The first-order valence-corrected chi connectivity index (χ1v) is 9.74. The van der Waals surface area contributed by atoms with E-state index in [-0.39, 0.29) is 38.8 Å². The first kappa shape index (κ1) is 25.8. The maximum absolute atomic E-state index is 11.4. The van der Waals surface area contributed by atoms with Crippen molar-refractivity contribution in [1.82, 2.24) is 10.5 Å². The molecule has 0 bridgehead atoms. The van der Waals surface area contributed by atoms with Gasteiger partial charge in [-0.05, 0) is 12.8 Å². The number of nitrogens with zero attached hydrogens (tertiary/aromatic N) is 2. The van der Waals surface area contributed by atoms with Crippen LogP contribution in [0.4, 0.5) is 0 Å². The van der Waals surface area contributed by atoms with E-state index in [1.54, 1.807) is 27.7 Å². The molecule has 10 heteroatoms. The molecule has 0 rings (SSSR count). The Bertz CT molecular complexity index is 418. The number of unbranched alkanes of at least 4 members (excludes halogenated alkanes) is 3. The summed E-state index contributed by atoms with van der Waals surface area (Å²) in [5.41, 5.74) is 0. The topological polar surface area (TPSA) is 112 Å². The molecule has 0 heterocycles. The number of carbonyl (C=O) groups is 4. The van der Waals surface area contributed by atoms with Gasteiger partial charge in [-0.1, -0.05) is 40.5 Å². The fourth-order valence-electron chi connectivity index (χ4n) is 1.77. The number of hydroxylamine groups is 4. The van der Waals surface area contributed by atoms with Crippen molar-refractivity contribution >= 4 is 23.9 Å². The monoisotopic (exact) mass is 404 g/mol. The molecule has 0 amide bonds. The fourth-order valence-corrected chi connectivity index (χ4v) is 1.77. The van der Waals surface area contributed by atoms with Crippen molar-refractivity contribution in [3.8, 4) is 0 Å². The Labute approximate surface area is 165 Å². The Morgan fingerprint density at radius 3 is 0.964 bits per heavy atom. The first-order chi connectivity index (χ1) is 13.4. The second kappa shape index (κ2) is 15.8. The van der Waals surface area contributed by atoms with E-state index in [1.165, 1.54) is 0 Å². The van der Waals surface area contributed by atoms with Gasteiger partial charge >= 0.3 is 23.9 Å². The molecule has 0 aliphatic heterocycles. The van der Waals surface area contributed by atoms with Gasteiger partial charge in [-0.15, -0.1) is 0 Å². The molecule has 0 N–H and O–H groups in total. The lowest BCUT2D eigenvalue weighted by Crippen LogP contribution is -2.31. The Morgan fingerprint density at radius 1 is 0.500 bits per heavy atom. The van der Waals surface area contributed by atoms with Crippen LogP contribution in [-0.4, -0.2) is 47.4 Å². The van der Waals surface area contributed by atoms with E-state index in [4.69, 9.17) is 19.4 Å². The lowest BCUT2D eigenvalue weighted by molar-refractivity contribution is -0.327. The molecule has 0 unspecified atom stereocenters. The highest BCUT2D eigenvalue weighted by atomic mass is 17.0. The lowest BCUT2D eigenvalue weighted by atomic mass is 10.2. The number of carbonyl (C=O) groups excluding carboxylic acids is 4. The van der Waals surface area contributed by atoms with Crippen LogP contribution >= 0.6 is 0 Å². The number of rotatable bonds is 15. The molecular formula is C18H32N2O8. The highest BCUT2D eigenvalue weighted by molar-refractivity contribution is 5.70. The smallest absolute Gasteiger partial charge is 0.328 e. The molecule has 0 saturated carbocycles. The van der Waals surface area contributed by atoms with Crippen molar-refractivity contribution in [3.63, 3.8) is 0 Å². The molecule has 0 saturated heterocycles. The van der Waals surface area contributed by atoms with Crippen LogP contribution in [0.25, 0.3) is 0 Å². The van der Waals surface area contributed by atoms with Gasteiger partial charge in [-0.3, -0.25) is 19.2 Å². The molecule has 0 aromatic carbocycles. The van der Waals surface area contributed by atoms with Gasteiger partial charge in [-0.2, -0.15) is 0 Å². The minimum absolute atomic E-state index is 0.170. The van der Waals surface area contributed by atoms with Gasteiger partial charge in [0.1, 0.15) is 0 Å². The van der Waals surface area contributed by atoms with Crippen molar-refractivity contribution in [3.05, 3.63) is 0 Å². The zero-order valence-corrected chi connectivity index (χ0v) is 17.2. The molecule has 0 aliphatic carbocycles. The van der Waals surface area contributed by atoms with Crippen molar-refractivity contribution in [2.75, 3.05) is 13.1 Å². The van der Waals surface area contributed by atoms with E-state index in [0.29, 0.717) is 12.8 Å². The second-order valence-electron chi connectivity index (χ2n) is 5.79. The molecule has 0 atom stereocenters. The molecule has 0 aromatic heterocycles. The van der Waals surface area contributed by atoms with Crippen LogP contribution in [0.3, 0.4) is 0 Å². The Balaban J connectivity index is 4.25. The third-order valence-corrected chi connectivity index (χ3v) is 3.40. The average molecular weight is 404 g/mol. The van der Waals surface area contributed by atoms with Crippen molar-refractivity contribution in [2.24, 2.45) is 0 Å². The van der Waals surface area contributed by atoms with Crippen molar-refractivity contribution < 1.29 is 38.5 Å². The van der Waals surface area contributed by atoms with E-state index in [9.17, 15) is 19.2 Å². The second-order valence-corrected chi connectivity index (χ2v) is 5.79. The minimum Gasteiger partial charge on any atom is -0.333 e. The Morgan fingerprint density at radius 2 is 0.750 bits per heavy atom. The van der Waals surface area contributed by atoms with Crippen LogP contribution in [0.15, 0.2) is 0 Å². The molecule has 0 radical (unpaired) electrons. The largest absolute Gasteiger partial charge is 0.333 e. The van der Waals surface area contributed by atoms with E-state index in [0.717, 1.165) is 23.3 Å². The molecule has 0 aromatic rings. The van der Waals surface area contributed by atoms with E-state index < -0.39 is 23.9 Å². The van der Waals surface area contributed by atoms with Gasteiger partial charge in [-0.25, -0.2) is 0 Å². The standard InChI is InChI=1S/C18H32N2O8/c1-5-15(21)25-19(26-16(22)6-2)13-11-9-10-12-14-20(27-17(23)7-3)28-18(24)8-4/h5-14H2,1-4H3. The van der Waals surface area contributed by atoms with Gasteiger partial charge in [0.25, 0.3) is 0 Å². The highest BCUT2D eigenvalue weighted by Crippen LogP contribution is 2.08. The van der Waals surface area contributed by atoms with E-state index in [2.05, 4.69) is 0 Å². The summed E-state index contributed by atoms with van der Waals surface area (Å²) in [6.07, 6.45) is 3.37. The summed E-state index contributed by atoms with van der Waals surface area (Å²) in [5, 5.41) is 1.83. The fraction of sp³-hybridized carbons (Fsp3) is 0.778. The normalized spacial score (nSPS) is 10.6. The molecule has 162 valence electrons. The molecule has 10 nitrogen and oxygen atoms in total. The quantitative estimate of drug-likeness (QED) is 0.298. The van der Waals surface area contributed by atoms with Crippen LogP contribution in [-0.2, 0) is 38.5 Å². The Kier molecular flexibility index (Phi) is 14.6. The lowest BCUT2D eigenvalue weighted by Gasteiger charge is -2.20. The van der Waals surface area contributed by atoms with Gasteiger partial charge in [0.2, 0.25) is 0 Å². The molecule has 0 spiro atoms. The zero-order chi connectivity index (χ0) is 21.4. The van der Waals surface area contributed by atoms with Gasteiger partial charge in [0.15, 0.2) is 0 Å². The summed E-state index contributed by atoms with van der Waals surface area (Å²) in [7, 11) is 0. The predicted octanol–water partition coefficient (Wildman–Crippen LogP) is 2.62. The molecule has 28 heavy (non-hydrogen) atoms. The third kappa shape index (κ3) is 13.0. The first-order valence-electron chi connectivity index (χ1n) is 9.74. The van der Waals surface area contributed by atoms with Gasteiger partial charge in [0.05, 0.1) is 13.1 Å². The van der Waals surface area contributed by atoms with Crippen LogP contribution in [0.2, 0.25) is 0 Å². The summed E-state index contributed by atoms with van der Waals surface area (Å²) in [4.78, 5) is 65.4. The molecular weight excluding hydrogens is 372 g/mol. The summed E-state index contributed by atoms with van der Waals surface area (Å²) in [6, 6.07) is 0. The minimum atomic E-state index is -0.491. The molecule has 0 fully saturated rings. The summed E-state index contributed by atoms with van der Waals surface area (Å²) in [6.45, 7) is 7.07. The van der Waals surface area contributed by atoms with Crippen molar-refractivity contribution in [2.45, 2.75) is 79.1 Å². The van der Waals surface area contributed by atoms with Crippen molar-refractivity contribution in [1.29, 1.82) is 0 Å². The summed E-state index contributed by atoms with van der Waals surface area (Å²) in [5.74, 6) is -1.96. The molecule has 0 aliphatic rings. The number of hydrogen-bond donors (Lipinski definition) is 0. The Hall–Kier alpha value is -2.20. The van der Waals surface area contributed by atoms with Crippen LogP contribution in [0.1, 0.15) is 79.1 Å².